The predicted octanol–water partition coefficient (Wildman–Crippen LogP) is -0.0151. The Bertz CT molecular complexity index is 265. The van der Waals surface area contributed by atoms with Crippen LogP contribution in [-0.2, 0) is 10.0 Å². The molecule has 0 aromatic carbocycles. The summed E-state index contributed by atoms with van der Waals surface area (Å²) in [5.41, 5.74) is 5.19. The zero-order valence-electron chi connectivity index (χ0n) is 10.6. The molecule has 0 heterocycles. The van der Waals surface area contributed by atoms with Crippen molar-refractivity contribution < 1.29 is 8.42 Å². The quantitative estimate of drug-likeness (QED) is 0.565. The first-order valence-electron chi connectivity index (χ1n) is 5.76. The van der Waals surface area contributed by atoms with Crippen molar-refractivity contribution in [2.45, 2.75) is 32.7 Å². The first-order chi connectivity index (χ1) is 7.39. The molecular formula is C10H25N3O2S. The molecule has 3 N–H and O–H groups in total. The lowest BCUT2D eigenvalue weighted by molar-refractivity contribution is 0.268. The standard InChI is InChI=1S/C10H25N3O2S/c1-10(2)13(3)8-5-4-7-12-16(14,15)9-6-11/h10,12H,4-9,11H2,1-3H3. The van der Waals surface area contributed by atoms with Crippen LogP contribution in [0.5, 0.6) is 0 Å². The van der Waals surface area contributed by atoms with E-state index in [0.29, 0.717) is 12.6 Å². The fraction of sp³-hybridized carbons (Fsp3) is 1.00. The molecule has 0 fully saturated rings. The minimum atomic E-state index is -3.14. The van der Waals surface area contributed by atoms with Gasteiger partial charge in [-0.3, -0.25) is 0 Å². The molecule has 6 heteroatoms. The fourth-order valence-electron chi connectivity index (χ4n) is 1.20. The van der Waals surface area contributed by atoms with E-state index in [1.165, 1.54) is 0 Å². The molecule has 16 heavy (non-hydrogen) atoms. The number of sulfonamides is 1. The number of unbranched alkanes of at least 4 members (excludes halogenated alkanes) is 1. The molecule has 0 rings (SSSR count). The lowest BCUT2D eigenvalue weighted by Gasteiger charge is -2.20. The Morgan fingerprint density at radius 1 is 1.31 bits per heavy atom. The Labute approximate surface area is 99.4 Å². The van der Waals surface area contributed by atoms with E-state index in [1.807, 2.05) is 0 Å². The highest BCUT2D eigenvalue weighted by atomic mass is 32.2. The van der Waals surface area contributed by atoms with Crippen molar-refractivity contribution in [1.29, 1.82) is 0 Å². The molecule has 0 aliphatic carbocycles. The van der Waals surface area contributed by atoms with Gasteiger partial charge in [-0.25, -0.2) is 13.1 Å². The summed E-state index contributed by atoms with van der Waals surface area (Å²) in [4.78, 5) is 2.24. The molecule has 5 nitrogen and oxygen atoms in total. The van der Waals surface area contributed by atoms with Crippen LogP contribution in [-0.4, -0.2) is 51.8 Å². The molecule has 98 valence electrons. The summed E-state index contributed by atoms with van der Waals surface area (Å²) in [6.45, 7) is 5.96. The topological polar surface area (TPSA) is 75.4 Å². The lowest BCUT2D eigenvalue weighted by atomic mass is 10.2. The van der Waals surface area contributed by atoms with Gasteiger partial charge < -0.3 is 10.6 Å². The van der Waals surface area contributed by atoms with Crippen molar-refractivity contribution >= 4 is 10.0 Å². The van der Waals surface area contributed by atoms with E-state index in [9.17, 15) is 8.42 Å². The Morgan fingerprint density at radius 3 is 2.44 bits per heavy atom. The van der Waals surface area contributed by atoms with Gasteiger partial charge in [-0.2, -0.15) is 0 Å². The Balaban J connectivity index is 3.54. The van der Waals surface area contributed by atoms with Crippen LogP contribution in [0.25, 0.3) is 0 Å². The predicted molar refractivity (Wildman–Crippen MR) is 67.8 cm³/mol. The third kappa shape index (κ3) is 8.04. The Morgan fingerprint density at radius 2 is 1.94 bits per heavy atom. The minimum Gasteiger partial charge on any atom is -0.329 e. The lowest BCUT2D eigenvalue weighted by Crippen LogP contribution is -2.31. The van der Waals surface area contributed by atoms with Crippen LogP contribution in [0.4, 0.5) is 0 Å². The van der Waals surface area contributed by atoms with Crippen molar-refractivity contribution in [3.8, 4) is 0 Å². The van der Waals surface area contributed by atoms with Gasteiger partial charge in [0.15, 0.2) is 0 Å². The van der Waals surface area contributed by atoms with Crippen molar-refractivity contribution in [2.75, 3.05) is 32.4 Å². The molecule has 0 aromatic heterocycles. The Kier molecular flexibility index (Phi) is 7.91. The number of nitrogens with two attached hydrogens (primary N) is 1. The van der Waals surface area contributed by atoms with Gasteiger partial charge in [0.25, 0.3) is 0 Å². The van der Waals surface area contributed by atoms with Gasteiger partial charge in [-0.1, -0.05) is 0 Å². The highest BCUT2D eigenvalue weighted by Gasteiger charge is 2.07. The summed E-state index contributed by atoms with van der Waals surface area (Å²) in [7, 11) is -1.06. The molecule has 0 aromatic rings. The van der Waals surface area contributed by atoms with Crippen LogP contribution in [0.3, 0.4) is 0 Å². The van der Waals surface area contributed by atoms with Gasteiger partial charge in [0.05, 0.1) is 5.75 Å². The minimum absolute atomic E-state index is 0.0128. The second-order valence-corrected chi connectivity index (χ2v) is 6.21. The van der Waals surface area contributed by atoms with E-state index in [0.717, 1.165) is 19.4 Å². The van der Waals surface area contributed by atoms with Gasteiger partial charge in [0.2, 0.25) is 10.0 Å². The highest BCUT2D eigenvalue weighted by molar-refractivity contribution is 7.89. The van der Waals surface area contributed by atoms with E-state index in [1.54, 1.807) is 0 Å². The summed E-state index contributed by atoms with van der Waals surface area (Å²) in [5.74, 6) is 0.0128. The van der Waals surface area contributed by atoms with Crippen molar-refractivity contribution in [2.24, 2.45) is 5.73 Å². The normalized spacial score (nSPS) is 12.6. The van der Waals surface area contributed by atoms with Crippen LogP contribution >= 0.6 is 0 Å². The third-order valence-corrected chi connectivity index (χ3v) is 3.94. The molecule has 0 amide bonds. The zero-order valence-corrected chi connectivity index (χ0v) is 11.4. The number of rotatable bonds is 9. The maximum Gasteiger partial charge on any atom is 0.212 e. The summed E-state index contributed by atoms with van der Waals surface area (Å²) < 4.78 is 25.0. The molecule has 0 bridgehead atoms. The van der Waals surface area contributed by atoms with Crippen LogP contribution in [0.15, 0.2) is 0 Å². The van der Waals surface area contributed by atoms with E-state index in [2.05, 4.69) is 30.5 Å². The molecule has 0 radical (unpaired) electrons. The largest absolute Gasteiger partial charge is 0.329 e. The molecule has 0 spiro atoms. The van der Waals surface area contributed by atoms with Gasteiger partial charge in [-0.05, 0) is 40.3 Å². The number of nitrogens with zero attached hydrogens (tertiary/aromatic N) is 1. The second-order valence-electron chi connectivity index (χ2n) is 4.28. The van der Waals surface area contributed by atoms with E-state index in [-0.39, 0.29) is 12.3 Å². The van der Waals surface area contributed by atoms with Crippen molar-refractivity contribution in [1.82, 2.24) is 9.62 Å². The second kappa shape index (κ2) is 8.00. The molecule has 0 aliphatic rings. The van der Waals surface area contributed by atoms with Gasteiger partial charge in [-0.15, -0.1) is 0 Å². The van der Waals surface area contributed by atoms with Crippen molar-refractivity contribution in [3.63, 3.8) is 0 Å². The van der Waals surface area contributed by atoms with E-state index < -0.39 is 10.0 Å². The highest BCUT2D eigenvalue weighted by Crippen LogP contribution is 1.97. The fourth-order valence-corrected chi connectivity index (χ4v) is 2.11. The first-order valence-corrected chi connectivity index (χ1v) is 7.42. The van der Waals surface area contributed by atoms with Crippen LogP contribution in [0, 0.1) is 0 Å². The first kappa shape index (κ1) is 15.8. The van der Waals surface area contributed by atoms with Crippen LogP contribution in [0.1, 0.15) is 26.7 Å². The number of hydrogen-bond acceptors (Lipinski definition) is 4. The maximum atomic E-state index is 11.2. The third-order valence-electron chi connectivity index (χ3n) is 2.53. The monoisotopic (exact) mass is 251 g/mol. The van der Waals surface area contributed by atoms with E-state index in [4.69, 9.17) is 5.73 Å². The van der Waals surface area contributed by atoms with Gasteiger partial charge in [0, 0.05) is 19.1 Å². The van der Waals surface area contributed by atoms with E-state index >= 15 is 0 Å². The molecule has 0 saturated heterocycles. The maximum absolute atomic E-state index is 11.2. The number of nitrogens with one attached hydrogen (secondary N) is 1. The molecule has 0 unspecified atom stereocenters. The Hall–Kier alpha value is -0.170. The summed E-state index contributed by atoms with van der Waals surface area (Å²) in [6, 6.07) is 0.536. The number of hydrogen-bond donors (Lipinski definition) is 2. The summed E-state index contributed by atoms with van der Waals surface area (Å²) in [6.07, 6.45) is 1.86. The summed E-state index contributed by atoms with van der Waals surface area (Å²) in [5, 5.41) is 0. The molecule has 0 aliphatic heterocycles. The van der Waals surface area contributed by atoms with Crippen LogP contribution < -0.4 is 10.5 Å². The average Bonchev–Trinajstić information content (AvgIpc) is 2.16. The SMILES string of the molecule is CC(C)N(C)CCCCNS(=O)(=O)CCN. The molecule has 0 atom stereocenters. The molecular weight excluding hydrogens is 226 g/mol. The average molecular weight is 251 g/mol. The molecule has 0 saturated carbocycles. The van der Waals surface area contributed by atoms with Gasteiger partial charge >= 0.3 is 0 Å². The zero-order chi connectivity index (χ0) is 12.6. The summed E-state index contributed by atoms with van der Waals surface area (Å²) >= 11 is 0. The van der Waals surface area contributed by atoms with Crippen LogP contribution in [0.2, 0.25) is 0 Å². The van der Waals surface area contributed by atoms with Crippen molar-refractivity contribution in [3.05, 3.63) is 0 Å². The smallest absolute Gasteiger partial charge is 0.212 e. The van der Waals surface area contributed by atoms with Gasteiger partial charge in [0.1, 0.15) is 0 Å².